The highest BCUT2D eigenvalue weighted by atomic mass is 16.4. The summed E-state index contributed by atoms with van der Waals surface area (Å²) in [6, 6.07) is 20.2. The van der Waals surface area contributed by atoms with E-state index in [1.807, 2.05) is 48.5 Å². The van der Waals surface area contributed by atoms with Crippen LogP contribution in [0.2, 0.25) is 0 Å². The highest BCUT2D eigenvalue weighted by molar-refractivity contribution is 6.01. The zero-order chi connectivity index (χ0) is 19.8. The molecule has 2 aromatic heterocycles. The number of benzene rings is 2. The Morgan fingerprint density at radius 1 is 1.00 bits per heavy atom. The van der Waals surface area contributed by atoms with Crippen LogP contribution < -0.4 is 5.32 Å². The molecule has 0 saturated heterocycles. The number of nitrogens with one attached hydrogen (secondary N) is 1. The Labute approximate surface area is 168 Å². The number of carboxylic acid groups (broad SMARTS) is 1. The molecule has 2 aromatic carbocycles. The van der Waals surface area contributed by atoms with Crippen molar-refractivity contribution in [2.75, 3.05) is 0 Å². The van der Waals surface area contributed by atoms with E-state index in [1.165, 1.54) is 0 Å². The molecular weight excluding hydrogens is 364 g/mol. The lowest BCUT2D eigenvalue weighted by atomic mass is 9.72. The van der Waals surface area contributed by atoms with Gasteiger partial charge in [-0.3, -0.25) is 4.98 Å². The summed E-state index contributed by atoms with van der Waals surface area (Å²) in [4.78, 5) is 15.4. The van der Waals surface area contributed by atoms with Gasteiger partial charge in [-0.2, -0.15) is 0 Å². The first-order valence-electron chi connectivity index (χ1n) is 9.70. The zero-order valence-corrected chi connectivity index (χ0v) is 15.8. The molecule has 2 N–H and O–H groups in total. The number of hydrogen-bond acceptors (Lipinski definition) is 3. The molecule has 144 valence electrons. The lowest BCUT2D eigenvalue weighted by Crippen LogP contribution is -2.50. The van der Waals surface area contributed by atoms with Crippen LogP contribution in [0.1, 0.15) is 24.8 Å². The van der Waals surface area contributed by atoms with Crippen LogP contribution in [0.5, 0.6) is 0 Å². The number of fused-ring (bicyclic) bond motifs is 1. The van der Waals surface area contributed by atoms with Crippen LogP contribution in [-0.4, -0.2) is 16.2 Å². The number of rotatable bonds is 4. The van der Waals surface area contributed by atoms with Crippen molar-refractivity contribution in [2.24, 2.45) is 0 Å². The van der Waals surface area contributed by atoms with Crippen LogP contribution in [0.4, 0.5) is 4.79 Å². The topological polar surface area (TPSA) is 75.4 Å². The summed E-state index contributed by atoms with van der Waals surface area (Å²) < 4.78 is 6.20. The van der Waals surface area contributed by atoms with Gasteiger partial charge in [-0.05, 0) is 36.5 Å². The fourth-order valence-electron chi connectivity index (χ4n) is 4.21. The molecule has 1 amide bonds. The maximum absolute atomic E-state index is 11.2. The van der Waals surface area contributed by atoms with E-state index in [9.17, 15) is 9.90 Å². The predicted molar refractivity (Wildman–Crippen MR) is 112 cm³/mol. The minimum Gasteiger partial charge on any atom is -0.465 e. The van der Waals surface area contributed by atoms with Gasteiger partial charge in [0, 0.05) is 22.7 Å². The molecule has 0 atom stereocenters. The van der Waals surface area contributed by atoms with E-state index < -0.39 is 11.6 Å². The van der Waals surface area contributed by atoms with Crippen molar-refractivity contribution in [3.8, 4) is 22.5 Å². The fourth-order valence-corrected chi connectivity index (χ4v) is 4.21. The quantitative estimate of drug-likeness (QED) is 0.466. The van der Waals surface area contributed by atoms with E-state index in [-0.39, 0.29) is 0 Å². The van der Waals surface area contributed by atoms with Crippen molar-refractivity contribution in [3.05, 3.63) is 78.6 Å². The summed E-state index contributed by atoms with van der Waals surface area (Å²) >= 11 is 0. The number of nitrogens with zero attached hydrogens (tertiary/aromatic N) is 1. The molecule has 1 aliphatic rings. The largest absolute Gasteiger partial charge is 0.465 e. The standard InChI is InChI=1S/C24H20N2O3/c27-23(28)26-24(12-4-13-24)18-9-7-17(8-10-18)22-21(16-5-2-1-3-6-16)19-11-14-25-15-20(19)29-22/h1-3,5-11,14-15,26H,4,12-13H2,(H,27,28). The van der Waals surface area contributed by atoms with Crippen molar-refractivity contribution in [1.82, 2.24) is 10.3 Å². The van der Waals surface area contributed by atoms with E-state index in [1.54, 1.807) is 12.4 Å². The molecule has 0 spiro atoms. The summed E-state index contributed by atoms with van der Waals surface area (Å²) in [5.41, 5.74) is 4.35. The van der Waals surface area contributed by atoms with Gasteiger partial charge in [0.1, 0.15) is 5.76 Å². The predicted octanol–water partition coefficient (Wildman–Crippen LogP) is 5.81. The van der Waals surface area contributed by atoms with Gasteiger partial charge >= 0.3 is 6.09 Å². The van der Waals surface area contributed by atoms with Crippen LogP contribution in [0.25, 0.3) is 33.4 Å². The highest BCUT2D eigenvalue weighted by Gasteiger charge is 2.40. The third-order valence-electron chi connectivity index (χ3n) is 5.81. The second-order valence-electron chi connectivity index (χ2n) is 7.49. The van der Waals surface area contributed by atoms with Crippen molar-refractivity contribution in [2.45, 2.75) is 24.8 Å². The first-order chi connectivity index (χ1) is 14.2. The van der Waals surface area contributed by atoms with Crippen molar-refractivity contribution < 1.29 is 14.3 Å². The highest BCUT2D eigenvalue weighted by Crippen LogP contribution is 2.44. The second kappa shape index (κ2) is 6.78. The maximum atomic E-state index is 11.2. The Bertz CT molecular complexity index is 1180. The van der Waals surface area contributed by atoms with E-state index in [2.05, 4.69) is 22.4 Å². The van der Waals surface area contributed by atoms with Gasteiger partial charge < -0.3 is 14.8 Å². The van der Waals surface area contributed by atoms with E-state index in [0.29, 0.717) is 0 Å². The molecular formula is C24H20N2O3. The Morgan fingerprint density at radius 3 is 2.41 bits per heavy atom. The first kappa shape index (κ1) is 17.5. The molecule has 4 aromatic rings. The SMILES string of the molecule is O=C(O)NC1(c2ccc(-c3oc4cnccc4c3-c3ccccc3)cc2)CCC1. The Hall–Kier alpha value is -3.60. The fraction of sp³-hybridized carbons (Fsp3) is 0.167. The van der Waals surface area contributed by atoms with Crippen LogP contribution in [0.15, 0.2) is 77.5 Å². The second-order valence-corrected chi connectivity index (χ2v) is 7.49. The minimum absolute atomic E-state index is 0.468. The lowest BCUT2D eigenvalue weighted by Gasteiger charge is -2.42. The summed E-state index contributed by atoms with van der Waals surface area (Å²) in [5.74, 6) is 0.791. The molecule has 0 radical (unpaired) electrons. The summed E-state index contributed by atoms with van der Waals surface area (Å²) in [6.45, 7) is 0. The van der Waals surface area contributed by atoms with Crippen LogP contribution in [0, 0.1) is 0 Å². The molecule has 29 heavy (non-hydrogen) atoms. The van der Waals surface area contributed by atoms with Gasteiger partial charge in [-0.25, -0.2) is 4.79 Å². The van der Waals surface area contributed by atoms with Gasteiger partial charge in [-0.1, -0.05) is 54.6 Å². The molecule has 1 saturated carbocycles. The van der Waals surface area contributed by atoms with Gasteiger partial charge in [0.2, 0.25) is 0 Å². The van der Waals surface area contributed by atoms with Crippen molar-refractivity contribution in [1.29, 1.82) is 0 Å². The number of carbonyl (C=O) groups is 1. The zero-order valence-electron chi connectivity index (χ0n) is 15.8. The third-order valence-corrected chi connectivity index (χ3v) is 5.81. The van der Waals surface area contributed by atoms with E-state index in [4.69, 9.17) is 4.42 Å². The van der Waals surface area contributed by atoms with Crippen molar-refractivity contribution in [3.63, 3.8) is 0 Å². The number of aromatic nitrogens is 1. The maximum Gasteiger partial charge on any atom is 0.405 e. The van der Waals surface area contributed by atoms with Gasteiger partial charge in [-0.15, -0.1) is 0 Å². The minimum atomic E-state index is -0.982. The molecule has 0 unspecified atom stereocenters. The average molecular weight is 384 g/mol. The normalized spacial score (nSPS) is 15.0. The third kappa shape index (κ3) is 2.95. The molecule has 5 rings (SSSR count). The monoisotopic (exact) mass is 384 g/mol. The van der Waals surface area contributed by atoms with Gasteiger partial charge in [0.25, 0.3) is 0 Å². The number of furan rings is 1. The first-order valence-corrected chi connectivity index (χ1v) is 9.70. The van der Waals surface area contributed by atoms with E-state index >= 15 is 0 Å². The molecule has 0 aliphatic heterocycles. The molecule has 1 aliphatic carbocycles. The van der Waals surface area contributed by atoms with Gasteiger partial charge in [0.15, 0.2) is 5.58 Å². The van der Waals surface area contributed by atoms with Gasteiger partial charge in [0.05, 0.1) is 11.7 Å². The number of hydrogen-bond donors (Lipinski definition) is 2. The molecule has 2 heterocycles. The number of amides is 1. The molecule has 0 bridgehead atoms. The summed E-state index contributed by atoms with van der Waals surface area (Å²) in [6.07, 6.45) is 5.20. The Morgan fingerprint density at radius 2 is 1.76 bits per heavy atom. The molecule has 5 nitrogen and oxygen atoms in total. The number of pyridine rings is 1. The average Bonchev–Trinajstić information content (AvgIpc) is 3.11. The lowest BCUT2D eigenvalue weighted by molar-refractivity contribution is 0.144. The van der Waals surface area contributed by atoms with Crippen LogP contribution in [-0.2, 0) is 5.54 Å². The molecule has 5 heteroatoms. The summed E-state index contributed by atoms with van der Waals surface area (Å²) in [7, 11) is 0. The van der Waals surface area contributed by atoms with Crippen molar-refractivity contribution >= 4 is 17.1 Å². The molecule has 1 fully saturated rings. The van der Waals surface area contributed by atoms with Crippen LogP contribution >= 0.6 is 0 Å². The van der Waals surface area contributed by atoms with Crippen LogP contribution in [0.3, 0.4) is 0 Å². The Balaban J connectivity index is 1.61. The smallest absolute Gasteiger partial charge is 0.405 e. The summed E-state index contributed by atoms with van der Waals surface area (Å²) in [5, 5.41) is 13.0. The van der Waals surface area contributed by atoms with E-state index in [0.717, 1.165) is 58.2 Å². The Kier molecular flexibility index (Phi) is 4.09.